The van der Waals surface area contributed by atoms with Crippen molar-refractivity contribution in [3.8, 4) is 12.3 Å². The zero-order valence-corrected chi connectivity index (χ0v) is 10.4. The number of carbonyl (C=O) groups excluding carboxylic acids is 2. The molecule has 4 N–H and O–H groups in total. The van der Waals surface area contributed by atoms with Crippen LogP contribution in [0.4, 0.5) is 10.1 Å². The molecule has 0 spiro atoms. The third kappa shape index (κ3) is 4.08. The lowest BCUT2D eigenvalue weighted by Gasteiger charge is -2.10. The van der Waals surface area contributed by atoms with Crippen molar-refractivity contribution in [2.24, 2.45) is 5.73 Å². The van der Waals surface area contributed by atoms with Crippen molar-refractivity contribution in [1.29, 1.82) is 0 Å². The molecule has 0 fully saturated rings. The summed E-state index contributed by atoms with van der Waals surface area (Å²) in [7, 11) is 0. The molecular weight excluding hydrogens is 249 g/mol. The summed E-state index contributed by atoms with van der Waals surface area (Å²) >= 11 is 0. The van der Waals surface area contributed by atoms with Crippen molar-refractivity contribution in [2.45, 2.75) is 6.92 Å². The molecule has 1 aromatic carbocycles. The molecule has 0 aromatic heterocycles. The van der Waals surface area contributed by atoms with Crippen LogP contribution in [0.2, 0.25) is 0 Å². The van der Waals surface area contributed by atoms with E-state index >= 15 is 0 Å². The van der Waals surface area contributed by atoms with Gasteiger partial charge in [0.15, 0.2) is 0 Å². The lowest BCUT2D eigenvalue weighted by Crippen LogP contribution is -2.28. The van der Waals surface area contributed by atoms with Gasteiger partial charge in [-0.25, -0.2) is 4.39 Å². The van der Waals surface area contributed by atoms with E-state index in [4.69, 9.17) is 12.2 Å². The molecule has 0 saturated carbocycles. The maximum atomic E-state index is 13.6. The van der Waals surface area contributed by atoms with Crippen LogP contribution in [0.15, 0.2) is 12.1 Å². The van der Waals surface area contributed by atoms with Crippen LogP contribution in [0.25, 0.3) is 0 Å². The van der Waals surface area contributed by atoms with Gasteiger partial charge in [0.25, 0.3) is 0 Å². The van der Waals surface area contributed by atoms with Gasteiger partial charge in [-0.1, -0.05) is 5.92 Å². The molecule has 6 heteroatoms. The first kappa shape index (κ1) is 14.7. The SMILES string of the molecule is C#CCNCC(=O)Nc1cc(C(N)=O)cc(F)c1C. The highest BCUT2D eigenvalue weighted by Crippen LogP contribution is 2.20. The van der Waals surface area contributed by atoms with E-state index in [2.05, 4.69) is 16.6 Å². The molecule has 0 aliphatic heterocycles. The number of nitrogens with two attached hydrogens (primary N) is 1. The lowest BCUT2D eigenvalue weighted by atomic mass is 10.1. The lowest BCUT2D eigenvalue weighted by molar-refractivity contribution is -0.115. The third-order valence-electron chi connectivity index (χ3n) is 2.42. The molecule has 1 aromatic rings. The van der Waals surface area contributed by atoms with Gasteiger partial charge in [0.1, 0.15) is 5.82 Å². The molecule has 1 rings (SSSR count). The minimum absolute atomic E-state index is 0.00464. The quantitative estimate of drug-likeness (QED) is 0.531. The topological polar surface area (TPSA) is 84.2 Å². The van der Waals surface area contributed by atoms with Crippen LogP contribution in [0.1, 0.15) is 15.9 Å². The van der Waals surface area contributed by atoms with E-state index in [-0.39, 0.29) is 35.8 Å². The van der Waals surface area contributed by atoms with Crippen molar-refractivity contribution in [3.05, 3.63) is 29.1 Å². The Balaban J connectivity index is 2.85. The largest absolute Gasteiger partial charge is 0.366 e. The van der Waals surface area contributed by atoms with Gasteiger partial charge in [0, 0.05) is 16.8 Å². The number of terminal acetylenes is 1. The second kappa shape index (κ2) is 6.52. The van der Waals surface area contributed by atoms with Gasteiger partial charge in [-0.15, -0.1) is 6.42 Å². The number of benzene rings is 1. The highest BCUT2D eigenvalue weighted by atomic mass is 19.1. The van der Waals surface area contributed by atoms with E-state index in [9.17, 15) is 14.0 Å². The van der Waals surface area contributed by atoms with Crippen molar-refractivity contribution >= 4 is 17.5 Å². The highest BCUT2D eigenvalue weighted by molar-refractivity contribution is 5.97. The second-order valence-corrected chi connectivity index (χ2v) is 3.85. The number of amides is 2. The Bertz CT molecular complexity index is 550. The third-order valence-corrected chi connectivity index (χ3v) is 2.42. The zero-order valence-electron chi connectivity index (χ0n) is 10.4. The summed E-state index contributed by atoms with van der Waals surface area (Å²) in [5.41, 5.74) is 5.51. The summed E-state index contributed by atoms with van der Waals surface area (Å²) in [5, 5.41) is 5.18. The molecule has 0 atom stereocenters. The van der Waals surface area contributed by atoms with Gasteiger partial charge in [0.05, 0.1) is 13.1 Å². The Kier molecular flexibility index (Phi) is 5.03. The summed E-state index contributed by atoms with van der Waals surface area (Å²) in [6.07, 6.45) is 5.02. The molecule has 0 aliphatic carbocycles. The first-order chi connectivity index (χ1) is 8.95. The van der Waals surface area contributed by atoms with Gasteiger partial charge in [-0.05, 0) is 19.1 Å². The Morgan fingerprint density at radius 2 is 2.16 bits per heavy atom. The Hall–Kier alpha value is -2.39. The van der Waals surface area contributed by atoms with Gasteiger partial charge >= 0.3 is 0 Å². The molecular formula is C13H14FN3O2. The van der Waals surface area contributed by atoms with E-state index < -0.39 is 11.7 Å². The number of carbonyl (C=O) groups is 2. The maximum Gasteiger partial charge on any atom is 0.248 e. The van der Waals surface area contributed by atoms with E-state index in [1.165, 1.54) is 13.0 Å². The van der Waals surface area contributed by atoms with Gasteiger partial charge in [-0.2, -0.15) is 0 Å². The van der Waals surface area contributed by atoms with Crippen molar-refractivity contribution in [3.63, 3.8) is 0 Å². The summed E-state index contributed by atoms with van der Waals surface area (Å²) in [5.74, 6) is 0.558. The Labute approximate surface area is 110 Å². The molecule has 5 nitrogen and oxygen atoms in total. The summed E-state index contributed by atoms with van der Waals surface area (Å²) < 4.78 is 13.6. The average Bonchev–Trinajstić information content (AvgIpc) is 2.34. The fraction of sp³-hybridized carbons (Fsp3) is 0.231. The number of anilines is 1. The van der Waals surface area contributed by atoms with Crippen LogP contribution in [0, 0.1) is 25.1 Å². The van der Waals surface area contributed by atoms with E-state index in [1.54, 1.807) is 0 Å². The summed E-state index contributed by atoms with van der Waals surface area (Å²) in [6, 6.07) is 2.36. The number of hydrogen-bond donors (Lipinski definition) is 3. The molecule has 0 saturated heterocycles. The fourth-order valence-corrected chi connectivity index (χ4v) is 1.39. The Morgan fingerprint density at radius 1 is 1.47 bits per heavy atom. The van der Waals surface area contributed by atoms with Crippen LogP contribution in [-0.4, -0.2) is 24.9 Å². The molecule has 0 heterocycles. The van der Waals surface area contributed by atoms with E-state index in [1.807, 2.05) is 0 Å². The maximum absolute atomic E-state index is 13.6. The average molecular weight is 263 g/mol. The Morgan fingerprint density at radius 3 is 2.74 bits per heavy atom. The zero-order chi connectivity index (χ0) is 14.4. The molecule has 2 amide bonds. The van der Waals surface area contributed by atoms with Crippen LogP contribution in [0.3, 0.4) is 0 Å². The van der Waals surface area contributed by atoms with Crippen LogP contribution in [-0.2, 0) is 4.79 Å². The molecule has 100 valence electrons. The normalized spacial score (nSPS) is 9.74. The molecule has 0 aliphatic rings. The number of primary amides is 1. The molecule has 19 heavy (non-hydrogen) atoms. The number of halogens is 1. The summed E-state index contributed by atoms with van der Waals surface area (Å²) in [4.78, 5) is 22.6. The summed E-state index contributed by atoms with van der Waals surface area (Å²) in [6.45, 7) is 1.73. The number of rotatable bonds is 5. The monoisotopic (exact) mass is 263 g/mol. The van der Waals surface area contributed by atoms with Gasteiger partial charge < -0.3 is 11.1 Å². The molecule has 0 unspecified atom stereocenters. The van der Waals surface area contributed by atoms with E-state index in [0.717, 1.165) is 6.07 Å². The van der Waals surface area contributed by atoms with Gasteiger partial charge in [-0.3, -0.25) is 14.9 Å². The standard InChI is InChI=1S/C13H14FN3O2/c1-3-4-16-7-12(18)17-11-6-9(13(15)19)5-10(14)8(11)2/h1,5-6,16H,4,7H2,2H3,(H2,15,19)(H,17,18). The van der Waals surface area contributed by atoms with Crippen molar-refractivity contribution in [1.82, 2.24) is 5.32 Å². The molecule has 0 bridgehead atoms. The highest BCUT2D eigenvalue weighted by Gasteiger charge is 2.12. The second-order valence-electron chi connectivity index (χ2n) is 3.85. The van der Waals surface area contributed by atoms with Crippen LogP contribution in [0.5, 0.6) is 0 Å². The number of nitrogens with one attached hydrogen (secondary N) is 2. The van der Waals surface area contributed by atoms with Crippen LogP contribution >= 0.6 is 0 Å². The van der Waals surface area contributed by atoms with Gasteiger partial charge in [0.2, 0.25) is 11.8 Å². The van der Waals surface area contributed by atoms with E-state index in [0.29, 0.717) is 0 Å². The minimum Gasteiger partial charge on any atom is -0.366 e. The number of hydrogen-bond acceptors (Lipinski definition) is 3. The van der Waals surface area contributed by atoms with Crippen molar-refractivity contribution in [2.75, 3.05) is 18.4 Å². The van der Waals surface area contributed by atoms with Crippen LogP contribution < -0.4 is 16.4 Å². The first-order valence-electron chi connectivity index (χ1n) is 5.49. The van der Waals surface area contributed by atoms with Crippen molar-refractivity contribution < 1.29 is 14.0 Å². The minimum atomic E-state index is -0.764. The molecule has 0 radical (unpaired) electrons. The predicted octanol–water partition coefficient (Wildman–Crippen LogP) is 0.394. The fourth-order valence-electron chi connectivity index (χ4n) is 1.39. The first-order valence-corrected chi connectivity index (χ1v) is 5.49. The smallest absolute Gasteiger partial charge is 0.248 e. The predicted molar refractivity (Wildman–Crippen MR) is 70.0 cm³/mol.